The van der Waals surface area contributed by atoms with Crippen molar-refractivity contribution < 1.29 is 14.3 Å². The lowest BCUT2D eigenvalue weighted by atomic mass is 10.2. The molecule has 1 aromatic carbocycles. The number of hydrogen-bond acceptors (Lipinski definition) is 4. The molecular formula is C12H15Cl2N3O3. The molecule has 0 spiro atoms. The van der Waals surface area contributed by atoms with Crippen LogP contribution < -0.4 is 15.8 Å². The summed E-state index contributed by atoms with van der Waals surface area (Å²) in [5.74, 6) is 0.874. The second kappa shape index (κ2) is 7.81. The van der Waals surface area contributed by atoms with Crippen molar-refractivity contribution in [3.8, 4) is 5.75 Å². The predicted octanol–water partition coefficient (Wildman–Crippen LogP) is 1.89. The van der Waals surface area contributed by atoms with Crippen molar-refractivity contribution in [3.63, 3.8) is 0 Å². The Balaban J connectivity index is 2.88. The smallest absolute Gasteiger partial charge is 0.408 e. The zero-order chi connectivity index (χ0) is 15.1. The molecule has 110 valence electrons. The molecular weight excluding hydrogens is 305 g/mol. The number of amidine groups is 1. The summed E-state index contributed by atoms with van der Waals surface area (Å²) in [6.45, 7) is 0. The van der Waals surface area contributed by atoms with Gasteiger partial charge >= 0.3 is 6.09 Å². The van der Waals surface area contributed by atoms with Crippen LogP contribution in [0.25, 0.3) is 0 Å². The molecule has 1 atom stereocenters. The molecule has 20 heavy (non-hydrogen) atoms. The predicted molar refractivity (Wildman–Crippen MR) is 78.5 cm³/mol. The third-order valence-electron chi connectivity index (χ3n) is 2.35. The number of rotatable bonds is 5. The number of amides is 1. The van der Waals surface area contributed by atoms with Gasteiger partial charge in [-0.05, 0) is 24.3 Å². The second-order valence-electron chi connectivity index (χ2n) is 3.66. The SMILES string of the molecule is COC(=O)NC(/N=C(\N)c1ccc(OC)cc1)C(Cl)Cl. The van der Waals surface area contributed by atoms with Crippen molar-refractivity contribution in [2.24, 2.45) is 10.7 Å². The fraction of sp³-hybridized carbons (Fsp3) is 0.333. The van der Waals surface area contributed by atoms with Crippen LogP contribution in [-0.2, 0) is 4.74 Å². The number of halogens is 2. The number of nitrogens with zero attached hydrogens (tertiary/aromatic N) is 1. The van der Waals surface area contributed by atoms with Gasteiger partial charge in [-0.25, -0.2) is 9.79 Å². The van der Waals surface area contributed by atoms with Gasteiger partial charge in [-0.3, -0.25) is 5.32 Å². The molecule has 3 N–H and O–H groups in total. The van der Waals surface area contributed by atoms with Crippen molar-refractivity contribution in [1.82, 2.24) is 5.32 Å². The Bertz CT molecular complexity index is 477. The first-order valence-electron chi connectivity index (χ1n) is 5.58. The normalized spacial score (nSPS) is 12.9. The van der Waals surface area contributed by atoms with Gasteiger partial charge in [-0.15, -0.1) is 23.2 Å². The Morgan fingerprint density at radius 3 is 2.35 bits per heavy atom. The highest BCUT2D eigenvalue weighted by Crippen LogP contribution is 2.13. The number of benzene rings is 1. The molecule has 1 unspecified atom stereocenters. The minimum Gasteiger partial charge on any atom is -0.497 e. The summed E-state index contributed by atoms with van der Waals surface area (Å²) in [6.07, 6.45) is -1.61. The largest absolute Gasteiger partial charge is 0.497 e. The fourth-order valence-electron chi connectivity index (χ4n) is 1.32. The quantitative estimate of drug-likeness (QED) is 0.493. The van der Waals surface area contributed by atoms with Crippen LogP contribution >= 0.6 is 23.2 Å². The van der Waals surface area contributed by atoms with Gasteiger partial charge in [0.15, 0.2) is 6.17 Å². The van der Waals surface area contributed by atoms with Crippen molar-refractivity contribution in [2.75, 3.05) is 14.2 Å². The van der Waals surface area contributed by atoms with Gasteiger partial charge in [0.25, 0.3) is 0 Å². The average molecular weight is 320 g/mol. The van der Waals surface area contributed by atoms with E-state index >= 15 is 0 Å². The third kappa shape index (κ3) is 4.79. The topological polar surface area (TPSA) is 85.9 Å². The summed E-state index contributed by atoms with van der Waals surface area (Å²) in [7, 11) is 2.79. The van der Waals surface area contributed by atoms with Gasteiger partial charge in [0, 0.05) is 5.56 Å². The van der Waals surface area contributed by atoms with E-state index in [9.17, 15) is 4.79 Å². The monoisotopic (exact) mass is 319 g/mol. The number of alkyl carbamates (subject to hydrolysis) is 1. The molecule has 0 saturated heterocycles. The van der Waals surface area contributed by atoms with Crippen LogP contribution in [0.2, 0.25) is 0 Å². The van der Waals surface area contributed by atoms with Crippen LogP contribution in [0, 0.1) is 0 Å². The lowest BCUT2D eigenvalue weighted by molar-refractivity contribution is 0.167. The van der Waals surface area contributed by atoms with Gasteiger partial charge in [0.1, 0.15) is 16.4 Å². The Morgan fingerprint density at radius 2 is 1.90 bits per heavy atom. The summed E-state index contributed by atoms with van der Waals surface area (Å²) in [6, 6.07) is 6.92. The van der Waals surface area contributed by atoms with E-state index in [4.69, 9.17) is 33.7 Å². The number of nitrogens with one attached hydrogen (secondary N) is 1. The van der Waals surface area contributed by atoms with Gasteiger partial charge in [0.2, 0.25) is 0 Å². The number of ether oxygens (including phenoxy) is 2. The maximum Gasteiger partial charge on any atom is 0.408 e. The van der Waals surface area contributed by atoms with Crippen LogP contribution in [0.3, 0.4) is 0 Å². The zero-order valence-electron chi connectivity index (χ0n) is 11.0. The van der Waals surface area contributed by atoms with E-state index in [1.165, 1.54) is 7.11 Å². The molecule has 0 aliphatic heterocycles. The zero-order valence-corrected chi connectivity index (χ0v) is 12.5. The maximum atomic E-state index is 11.2. The Labute approximate surface area is 126 Å². The lowest BCUT2D eigenvalue weighted by Crippen LogP contribution is -2.39. The van der Waals surface area contributed by atoms with Gasteiger partial charge < -0.3 is 15.2 Å². The Kier molecular flexibility index (Phi) is 6.41. The Hall–Kier alpha value is -1.66. The maximum absolute atomic E-state index is 11.2. The molecule has 6 nitrogen and oxygen atoms in total. The molecule has 0 aliphatic carbocycles. The van der Waals surface area contributed by atoms with Crippen LogP contribution in [0.5, 0.6) is 5.75 Å². The minimum atomic E-state index is -0.967. The number of aliphatic imine (C=N–C) groups is 1. The van der Waals surface area contributed by atoms with Crippen molar-refractivity contribution in [1.29, 1.82) is 0 Å². The van der Waals surface area contributed by atoms with Crippen molar-refractivity contribution in [3.05, 3.63) is 29.8 Å². The third-order valence-corrected chi connectivity index (χ3v) is 2.83. The second-order valence-corrected chi connectivity index (χ2v) is 4.82. The molecule has 0 heterocycles. The number of carbonyl (C=O) groups is 1. The highest BCUT2D eigenvalue weighted by Gasteiger charge is 2.19. The van der Waals surface area contributed by atoms with Crippen molar-refractivity contribution in [2.45, 2.75) is 11.0 Å². The molecule has 0 bridgehead atoms. The van der Waals surface area contributed by atoms with E-state index < -0.39 is 17.1 Å². The summed E-state index contributed by atoms with van der Waals surface area (Å²) in [4.78, 5) is 14.3. The van der Waals surface area contributed by atoms with Gasteiger partial charge in [-0.1, -0.05) is 0 Å². The van der Waals surface area contributed by atoms with E-state index in [1.807, 2.05) is 0 Å². The standard InChI is InChI=1S/C12H15Cl2N3O3/c1-19-8-5-3-7(4-6-8)10(15)16-11(9(13)14)17-12(18)20-2/h3-6,9,11H,1-2H3,(H2,15,16)(H,17,18). The molecule has 8 heteroatoms. The molecule has 1 amide bonds. The molecule has 0 saturated carbocycles. The minimum absolute atomic E-state index is 0.181. The molecule has 0 aliphatic rings. The first-order valence-corrected chi connectivity index (χ1v) is 6.45. The van der Waals surface area contributed by atoms with Crippen molar-refractivity contribution >= 4 is 35.1 Å². The number of carbonyl (C=O) groups excluding carboxylic acids is 1. The summed E-state index contributed by atoms with van der Waals surface area (Å²) in [5.41, 5.74) is 6.49. The van der Waals surface area contributed by atoms with Crippen LogP contribution in [0.1, 0.15) is 5.56 Å². The molecule has 0 aromatic heterocycles. The highest BCUT2D eigenvalue weighted by atomic mass is 35.5. The van der Waals surface area contributed by atoms with E-state index in [1.54, 1.807) is 31.4 Å². The Morgan fingerprint density at radius 1 is 1.30 bits per heavy atom. The van der Waals surface area contributed by atoms with Crippen LogP contribution in [0.4, 0.5) is 4.79 Å². The van der Waals surface area contributed by atoms with E-state index in [0.717, 1.165) is 0 Å². The molecule has 0 fully saturated rings. The summed E-state index contributed by atoms with van der Waals surface area (Å²) >= 11 is 11.5. The van der Waals surface area contributed by atoms with Gasteiger partial charge in [-0.2, -0.15) is 0 Å². The summed E-state index contributed by atoms with van der Waals surface area (Å²) < 4.78 is 9.49. The fourth-order valence-corrected chi connectivity index (χ4v) is 1.56. The van der Waals surface area contributed by atoms with E-state index in [-0.39, 0.29) is 5.84 Å². The van der Waals surface area contributed by atoms with Crippen LogP contribution in [-0.4, -0.2) is 37.2 Å². The average Bonchev–Trinajstić information content (AvgIpc) is 2.46. The highest BCUT2D eigenvalue weighted by molar-refractivity contribution is 6.44. The first kappa shape index (κ1) is 16.4. The lowest BCUT2D eigenvalue weighted by Gasteiger charge is -2.15. The summed E-state index contributed by atoms with van der Waals surface area (Å²) in [5, 5.41) is 2.37. The van der Waals surface area contributed by atoms with E-state index in [0.29, 0.717) is 11.3 Å². The van der Waals surface area contributed by atoms with Crippen LogP contribution in [0.15, 0.2) is 29.3 Å². The number of nitrogens with two attached hydrogens (primary N) is 1. The first-order chi connectivity index (χ1) is 9.47. The number of hydrogen-bond donors (Lipinski definition) is 2. The molecule has 1 aromatic rings. The van der Waals surface area contributed by atoms with E-state index in [2.05, 4.69) is 15.0 Å². The number of alkyl halides is 2. The number of methoxy groups -OCH3 is 2. The molecule has 0 radical (unpaired) electrons. The molecule has 1 rings (SSSR count). The van der Waals surface area contributed by atoms with Gasteiger partial charge in [0.05, 0.1) is 14.2 Å².